The molecule has 1 heterocycles. The van der Waals surface area contributed by atoms with Gasteiger partial charge in [-0.1, -0.05) is 23.4 Å². The quantitative estimate of drug-likeness (QED) is 0.769. The van der Waals surface area contributed by atoms with Crippen molar-refractivity contribution in [1.29, 1.82) is 0 Å². The first-order chi connectivity index (χ1) is 7.25. The Bertz CT molecular complexity index is 448. The molecule has 0 saturated carbocycles. The smallest absolute Gasteiger partial charge is 0.134 e. The number of rotatable bonds is 3. The zero-order valence-corrected chi connectivity index (χ0v) is 8.86. The van der Waals surface area contributed by atoms with Crippen molar-refractivity contribution in [2.24, 2.45) is 0 Å². The Morgan fingerprint density at radius 2 is 2.07 bits per heavy atom. The molecule has 0 spiro atoms. The molecule has 2 rings (SSSR count). The van der Waals surface area contributed by atoms with Gasteiger partial charge in [-0.3, -0.25) is 0 Å². The van der Waals surface area contributed by atoms with Gasteiger partial charge in [-0.05, 0) is 25.5 Å². The first-order valence-electron chi connectivity index (χ1n) is 4.86. The third-order valence-electron chi connectivity index (χ3n) is 2.15. The fourth-order valence-corrected chi connectivity index (χ4v) is 1.36. The van der Waals surface area contributed by atoms with Crippen LogP contribution in [0.3, 0.4) is 0 Å². The number of hydrogen-bond donors (Lipinski definition) is 0. The fraction of sp³-hybridized carbons (Fsp3) is 0.250. The van der Waals surface area contributed by atoms with Crippen LogP contribution in [0.25, 0.3) is 0 Å². The van der Waals surface area contributed by atoms with Crippen LogP contribution in [0.5, 0.6) is 5.75 Å². The first-order valence-corrected chi connectivity index (χ1v) is 4.86. The van der Waals surface area contributed by atoms with Crippen LogP contribution >= 0.6 is 0 Å². The van der Waals surface area contributed by atoms with Crippen molar-refractivity contribution >= 4 is 0 Å². The summed E-state index contributed by atoms with van der Waals surface area (Å²) >= 11 is 0. The fourth-order valence-electron chi connectivity index (χ4n) is 1.36. The molecule has 15 heavy (non-hydrogen) atoms. The van der Waals surface area contributed by atoms with Gasteiger partial charge < -0.3 is 9.26 Å². The number of benzene rings is 1. The zero-order chi connectivity index (χ0) is 10.7. The Morgan fingerprint density at radius 1 is 1.27 bits per heavy atom. The second-order valence-corrected chi connectivity index (χ2v) is 3.48. The van der Waals surface area contributed by atoms with E-state index in [0.717, 1.165) is 22.8 Å². The van der Waals surface area contributed by atoms with E-state index >= 15 is 0 Å². The van der Waals surface area contributed by atoms with E-state index in [1.54, 1.807) is 0 Å². The largest absolute Gasteiger partial charge is 0.487 e. The second-order valence-electron chi connectivity index (χ2n) is 3.48. The van der Waals surface area contributed by atoms with E-state index in [-0.39, 0.29) is 0 Å². The predicted molar refractivity (Wildman–Crippen MR) is 56.8 cm³/mol. The molecule has 0 N–H and O–H groups in total. The summed E-state index contributed by atoms with van der Waals surface area (Å²) < 4.78 is 10.6. The normalized spacial score (nSPS) is 10.3. The number of hydrogen-bond acceptors (Lipinski definition) is 3. The Balaban J connectivity index is 2.02. The Morgan fingerprint density at radius 3 is 2.73 bits per heavy atom. The van der Waals surface area contributed by atoms with Gasteiger partial charge in [-0.25, -0.2) is 0 Å². The van der Waals surface area contributed by atoms with Crippen molar-refractivity contribution in [3.8, 4) is 5.75 Å². The molecule has 0 radical (unpaired) electrons. The molecular formula is C12H13NO2. The van der Waals surface area contributed by atoms with E-state index in [1.807, 2.05) is 44.2 Å². The van der Waals surface area contributed by atoms with E-state index in [1.165, 1.54) is 0 Å². The summed E-state index contributed by atoms with van der Waals surface area (Å²) in [6, 6.07) is 9.78. The van der Waals surface area contributed by atoms with Crippen molar-refractivity contribution in [1.82, 2.24) is 5.16 Å². The van der Waals surface area contributed by atoms with E-state index in [4.69, 9.17) is 9.26 Å². The van der Waals surface area contributed by atoms with Crippen LogP contribution in [-0.4, -0.2) is 5.16 Å². The molecule has 3 nitrogen and oxygen atoms in total. The Labute approximate surface area is 88.7 Å². The molecule has 0 amide bonds. The van der Waals surface area contributed by atoms with Crippen LogP contribution in [0.2, 0.25) is 0 Å². The van der Waals surface area contributed by atoms with Crippen molar-refractivity contribution in [3.63, 3.8) is 0 Å². The molecule has 0 aliphatic rings. The van der Waals surface area contributed by atoms with Crippen molar-refractivity contribution in [2.75, 3.05) is 0 Å². The minimum absolute atomic E-state index is 0.447. The van der Waals surface area contributed by atoms with Crippen molar-refractivity contribution in [3.05, 3.63) is 47.3 Å². The lowest BCUT2D eigenvalue weighted by Gasteiger charge is -2.06. The van der Waals surface area contributed by atoms with Crippen molar-refractivity contribution < 1.29 is 9.26 Å². The lowest BCUT2D eigenvalue weighted by molar-refractivity contribution is 0.286. The highest BCUT2D eigenvalue weighted by molar-refractivity contribution is 5.31. The molecule has 3 heteroatoms. The first kappa shape index (κ1) is 9.77. The predicted octanol–water partition coefficient (Wildman–Crippen LogP) is 2.87. The number of nitrogens with zero attached hydrogens (tertiary/aromatic N) is 1. The maximum atomic E-state index is 5.61. The lowest BCUT2D eigenvalue weighted by Crippen LogP contribution is -1.96. The molecule has 0 fully saturated rings. The third kappa shape index (κ3) is 2.37. The zero-order valence-electron chi connectivity index (χ0n) is 8.86. The average molecular weight is 203 g/mol. The monoisotopic (exact) mass is 203 g/mol. The van der Waals surface area contributed by atoms with Gasteiger partial charge in [0, 0.05) is 6.07 Å². The van der Waals surface area contributed by atoms with E-state index in [9.17, 15) is 0 Å². The molecule has 0 aliphatic carbocycles. The van der Waals surface area contributed by atoms with Gasteiger partial charge in [0.05, 0.1) is 0 Å². The van der Waals surface area contributed by atoms with Gasteiger partial charge >= 0.3 is 0 Å². The SMILES string of the molecule is Cc1cc(COc2ccccc2C)no1. The lowest BCUT2D eigenvalue weighted by atomic mass is 10.2. The number of ether oxygens (including phenoxy) is 1. The van der Waals surface area contributed by atoms with Gasteiger partial charge in [0.2, 0.25) is 0 Å². The molecular weight excluding hydrogens is 190 g/mol. The summed E-state index contributed by atoms with van der Waals surface area (Å²) in [6.07, 6.45) is 0. The number of aryl methyl sites for hydroxylation is 2. The molecule has 1 aromatic heterocycles. The molecule has 0 unspecified atom stereocenters. The maximum Gasteiger partial charge on any atom is 0.134 e. The molecule has 0 bridgehead atoms. The van der Waals surface area contributed by atoms with Gasteiger partial charge in [0.15, 0.2) is 0 Å². The van der Waals surface area contributed by atoms with E-state index < -0.39 is 0 Å². The molecule has 1 aromatic carbocycles. The highest BCUT2D eigenvalue weighted by atomic mass is 16.5. The molecule has 0 atom stereocenters. The van der Waals surface area contributed by atoms with Crippen LogP contribution in [0.4, 0.5) is 0 Å². The van der Waals surface area contributed by atoms with Gasteiger partial charge in [0.25, 0.3) is 0 Å². The minimum atomic E-state index is 0.447. The topological polar surface area (TPSA) is 35.3 Å². The molecule has 0 saturated heterocycles. The minimum Gasteiger partial charge on any atom is -0.487 e. The van der Waals surface area contributed by atoms with E-state index in [0.29, 0.717) is 6.61 Å². The summed E-state index contributed by atoms with van der Waals surface area (Å²) in [5.41, 5.74) is 1.94. The van der Waals surface area contributed by atoms with E-state index in [2.05, 4.69) is 5.16 Å². The van der Waals surface area contributed by atoms with Gasteiger partial charge in [0.1, 0.15) is 23.8 Å². The molecule has 2 aromatic rings. The van der Waals surface area contributed by atoms with Crippen LogP contribution in [0.15, 0.2) is 34.9 Å². The molecule has 78 valence electrons. The standard InChI is InChI=1S/C12H13NO2/c1-9-5-3-4-6-12(9)14-8-11-7-10(2)15-13-11/h3-7H,8H2,1-2H3. The van der Waals surface area contributed by atoms with Gasteiger partial charge in [-0.2, -0.15) is 0 Å². The summed E-state index contributed by atoms with van der Waals surface area (Å²) in [5, 5.41) is 3.86. The van der Waals surface area contributed by atoms with Crippen molar-refractivity contribution in [2.45, 2.75) is 20.5 Å². The van der Waals surface area contributed by atoms with Crippen LogP contribution < -0.4 is 4.74 Å². The van der Waals surface area contributed by atoms with Crippen LogP contribution in [0, 0.1) is 13.8 Å². The Hall–Kier alpha value is -1.77. The highest BCUT2D eigenvalue weighted by Gasteiger charge is 2.02. The average Bonchev–Trinajstić information content (AvgIpc) is 2.63. The van der Waals surface area contributed by atoms with Crippen LogP contribution in [0.1, 0.15) is 17.0 Å². The highest BCUT2D eigenvalue weighted by Crippen LogP contribution is 2.17. The van der Waals surface area contributed by atoms with Gasteiger partial charge in [-0.15, -0.1) is 0 Å². The second kappa shape index (κ2) is 4.17. The molecule has 0 aliphatic heterocycles. The Kier molecular flexibility index (Phi) is 2.72. The maximum absolute atomic E-state index is 5.61. The summed E-state index contributed by atoms with van der Waals surface area (Å²) in [7, 11) is 0. The summed E-state index contributed by atoms with van der Waals surface area (Å²) in [6.45, 7) is 4.33. The summed E-state index contributed by atoms with van der Waals surface area (Å²) in [4.78, 5) is 0. The third-order valence-corrected chi connectivity index (χ3v) is 2.15. The van der Waals surface area contributed by atoms with Crippen LogP contribution in [-0.2, 0) is 6.61 Å². The number of para-hydroxylation sites is 1. The summed E-state index contributed by atoms with van der Waals surface area (Å²) in [5.74, 6) is 1.69. The number of aromatic nitrogens is 1.